The average Bonchev–Trinajstić information content (AvgIpc) is 3.96. The van der Waals surface area contributed by atoms with E-state index in [-0.39, 0.29) is 84.3 Å². The number of hydrogen-bond acceptors (Lipinski definition) is 13. The first-order valence-electron chi connectivity index (χ1n) is 23.7. The maximum atomic E-state index is 13.1. The van der Waals surface area contributed by atoms with Crippen molar-refractivity contribution in [1.82, 2.24) is 41.1 Å². The molecule has 8 atom stereocenters. The quantitative estimate of drug-likeness (QED) is 0.0747. The number of anilines is 1. The second kappa shape index (κ2) is 22.5. The number of rotatable bonds is 20. The number of unbranched alkanes of at least 4 members (excludes halogenated alkanes) is 5. The number of thioether (sulfide) groups is 1. The van der Waals surface area contributed by atoms with Gasteiger partial charge in [-0.2, -0.15) is 4.31 Å². The number of sulfonamides is 1. The second-order valence-corrected chi connectivity index (χ2v) is 21.7. The van der Waals surface area contributed by atoms with Crippen LogP contribution in [0.1, 0.15) is 128 Å². The smallest absolute Gasteiger partial charge is 0.262 e. The minimum absolute atomic E-state index is 0.0297. The number of imide groups is 2. The van der Waals surface area contributed by atoms with E-state index in [4.69, 9.17) is 0 Å². The van der Waals surface area contributed by atoms with Gasteiger partial charge >= 0.3 is 0 Å². The van der Waals surface area contributed by atoms with Crippen molar-refractivity contribution < 1.29 is 42.0 Å². The molecule has 0 saturated carbocycles. The SMILES string of the molecule is CC1C(C(=O)NCC(=O)NC2NC(c3cccc(C4CCNC(CC(=O)NCCCCCCCCNc5ccc6c(c5)C(=O)N(C5CCC(=O)NC5=O)C6=O)C4)c3)CS2)CN(S(C)(=O)=O)C1C. The third-order valence-electron chi connectivity index (χ3n) is 13.9. The van der Waals surface area contributed by atoms with E-state index in [1.54, 1.807) is 36.9 Å². The summed E-state index contributed by atoms with van der Waals surface area (Å²) in [4.78, 5) is 89.5. The van der Waals surface area contributed by atoms with Gasteiger partial charge in [-0.25, -0.2) is 8.42 Å². The highest BCUT2D eigenvalue weighted by Gasteiger charge is 2.46. The van der Waals surface area contributed by atoms with Gasteiger partial charge in [-0.05, 0) is 86.7 Å². The Hall–Kier alpha value is -4.89. The zero-order chi connectivity index (χ0) is 47.8. The van der Waals surface area contributed by atoms with Crippen LogP contribution in [0.2, 0.25) is 0 Å². The van der Waals surface area contributed by atoms with Gasteiger partial charge in [0.2, 0.25) is 39.6 Å². The molecule has 7 amide bonds. The van der Waals surface area contributed by atoms with E-state index >= 15 is 0 Å². The van der Waals surface area contributed by atoms with Crippen molar-refractivity contribution in [3.8, 4) is 0 Å². The van der Waals surface area contributed by atoms with Crippen LogP contribution in [0.25, 0.3) is 0 Å². The van der Waals surface area contributed by atoms with Crippen molar-refractivity contribution in [3.63, 3.8) is 0 Å². The highest BCUT2D eigenvalue weighted by molar-refractivity contribution is 8.00. The first-order chi connectivity index (χ1) is 32.1. The summed E-state index contributed by atoms with van der Waals surface area (Å²) in [6.45, 7) is 5.75. The molecule has 0 radical (unpaired) electrons. The predicted molar refractivity (Wildman–Crippen MR) is 254 cm³/mol. The molecule has 18 nitrogen and oxygen atoms in total. The minimum atomic E-state index is -3.43. The third-order valence-corrected chi connectivity index (χ3v) is 16.3. The van der Waals surface area contributed by atoms with Gasteiger partial charge in [0, 0.05) is 62.0 Å². The zero-order valence-corrected chi connectivity index (χ0v) is 40.2. The number of carbonyl (C=O) groups is 7. The van der Waals surface area contributed by atoms with Gasteiger partial charge in [-0.15, -0.1) is 11.8 Å². The largest absolute Gasteiger partial charge is 0.385 e. The number of carbonyl (C=O) groups excluding carboxylic acids is 7. The summed E-state index contributed by atoms with van der Waals surface area (Å²) in [5.74, 6) is -2.28. The Labute approximate surface area is 397 Å². The molecular weight excluding hydrogens is 899 g/mol. The Morgan fingerprint density at radius 2 is 1.58 bits per heavy atom. The third kappa shape index (κ3) is 12.6. The summed E-state index contributed by atoms with van der Waals surface area (Å²) in [6, 6.07) is 12.4. The zero-order valence-electron chi connectivity index (χ0n) is 38.6. The van der Waals surface area contributed by atoms with Gasteiger partial charge in [-0.3, -0.25) is 49.1 Å². The lowest BCUT2D eigenvalue weighted by Gasteiger charge is -2.31. The molecule has 0 aromatic heterocycles. The monoisotopic (exact) mass is 963 g/mol. The van der Waals surface area contributed by atoms with Crippen molar-refractivity contribution in [2.24, 2.45) is 11.8 Å². The molecule has 67 heavy (non-hydrogen) atoms. The molecule has 2 aromatic rings. The predicted octanol–water partition coefficient (Wildman–Crippen LogP) is 2.69. The molecule has 5 aliphatic heterocycles. The van der Waals surface area contributed by atoms with Crippen LogP contribution in [0.15, 0.2) is 42.5 Å². The van der Waals surface area contributed by atoms with E-state index in [0.29, 0.717) is 25.4 Å². The fraction of sp³-hybridized carbons (Fsp3) is 0.596. The number of nitrogens with one attached hydrogen (secondary N) is 7. The van der Waals surface area contributed by atoms with Gasteiger partial charge in [-0.1, -0.05) is 56.9 Å². The van der Waals surface area contributed by atoms with E-state index in [1.165, 1.54) is 9.87 Å². The molecule has 5 heterocycles. The van der Waals surface area contributed by atoms with Crippen molar-refractivity contribution in [1.29, 1.82) is 0 Å². The van der Waals surface area contributed by atoms with E-state index in [9.17, 15) is 42.0 Å². The highest BCUT2D eigenvalue weighted by atomic mass is 32.2. The van der Waals surface area contributed by atoms with Crippen LogP contribution >= 0.6 is 11.8 Å². The first kappa shape index (κ1) is 50.0. The van der Waals surface area contributed by atoms with Crippen molar-refractivity contribution >= 4 is 68.8 Å². The summed E-state index contributed by atoms with van der Waals surface area (Å²) in [5, 5.41) is 21.3. The maximum absolute atomic E-state index is 13.1. The topological polar surface area (TPSA) is 244 Å². The average molecular weight is 964 g/mol. The number of amides is 7. The summed E-state index contributed by atoms with van der Waals surface area (Å²) in [7, 11) is -3.43. The summed E-state index contributed by atoms with van der Waals surface area (Å²) in [5.41, 5.74) is 3.30. The highest BCUT2D eigenvalue weighted by Crippen LogP contribution is 2.35. The van der Waals surface area contributed by atoms with Gasteiger partial charge < -0.3 is 26.6 Å². The number of benzene rings is 2. The fourth-order valence-electron chi connectivity index (χ4n) is 9.92. The minimum Gasteiger partial charge on any atom is -0.385 e. The Bertz CT molecular complexity index is 2320. The molecule has 20 heteroatoms. The van der Waals surface area contributed by atoms with E-state index in [0.717, 1.165) is 86.1 Å². The van der Waals surface area contributed by atoms with Gasteiger partial charge in [0.1, 0.15) is 11.5 Å². The maximum Gasteiger partial charge on any atom is 0.262 e. The van der Waals surface area contributed by atoms with Crippen LogP contribution in [0.4, 0.5) is 5.69 Å². The van der Waals surface area contributed by atoms with Gasteiger partial charge in [0.15, 0.2) is 0 Å². The standard InChI is InChI=1S/C47H65N9O9S2/c1-28-29(2)55(67(3,64)65)26-37(28)43(60)51-25-42(59)54-47-52-38(27-66-47)32-12-10-11-30(21-32)31-17-20-49-34(22-31)24-41(58)50-19-9-7-5-4-6-8-18-48-33-13-14-35-36(23-33)46(63)56(45(35)62)39-15-16-40(57)53-44(39)61/h10-14,21,23,28-29,31,34,37-39,47-49,52H,4-9,15-20,22,24-27H2,1-3H3,(H,50,58)(H,51,60)(H,54,59)(H,53,57,61). The molecule has 2 aromatic carbocycles. The molecule has 8 unspecified atom stereocenters. The molecule has 364 valence electrons. The molecule has 4 saturated heterocycles. The Balaban J connectivity index is 0.737. The van der Waals surface area contributed by atoms with E-state index < -0.39 is 45.6 Å². The van der Waals surface area contributed by atoms with Gasteiger partial charge in [0.25, 0.3) is 11.8 Å². The van der Waals surface area contributed by atoms with Gasteiger partial charge in [0.05, 0.1) is 29.8 Å². The second-order valence-electron chi connectivity index (χ2n) is 18.6. The van der Waals surface area contributed by atoms with Crippen molar-refractivity contribution in [2.75, 3.05) is 50.0 Å². The normalized spacial score (nSPS) is 26.6. The van der Waals surface area contributed by atoms with Crippen LogP contribution < -0.4 is 37.2 Å². The van der Waals surface area contributed by atoms with Crippen LogP contribution in [0, 0.1) is 11.8 Å². The number of fused-ring (bicyclic) bond motifs is 1. The molecule has 0 aliphatic carbocycles. The molecule has 0 bridgehead atoms. The summed E-state index contributed by atoms with van der Waals surface area (Å²) in [6.07, 6.45) is 9.63. The number of hydrogen-bond donors (Lipinski definition) is 7. The molecule has 5 aliphatic rings. The molecular formula is C47H65N9O9S2. The Morgan fingerprint density at radius 1 is 0.851 bits per heavy atom. The Morgan fingerprint density at radius 3 is 2.33 bits per heavy atom. The van der Waals surface area contributed by atoms with Crippen LogP contribution in [0.3, 0.4) is 0 Å². The van der Waals surface area contributed by atoms with Crippen LogP contribution in [-0.4, -0.2) is 127 Å². The van der Waals surface area contributed by atoms with E-state index in [2.05, 4.69) is 61.5 Å². The number of nitrogens with zero attached hydrogens (tertiary/aromatic N) is 2. The van der Waals surface area contributed by atoms with Crippen LogP contribution in [0.5, 0.6) is 0 Å². The molecule has 7 N–H and O–H groups in total. The summed E-state index contributed by atoms with van der Waals surface area (Å²) >= 11 is 1.59. The molecule has 0 spiro atoms. The summed E-state index contributed by atoms with van der Waals surface area (Å²) < 4.78 is 25.6. The van der Waals surface area contributed by atoms with Crippen molar-refractivity contribution in [3.05, 3.63) is 64.7 Å². The molecule has 4 fully saturated rings. The van der Waals surface area contributed by atoms with E-state index in [1.807, 2.05) is 6.92 Å². The van der Waals surface area contributed by atoms with Crippen molar-refractivity contribution in [2.45, 2.75) is 120 Å². The Kier molecular flexibility index (Phi) is 16.8. The first-order valence-corrected chi connectivity index (χ1v) is 26.6. The lowest BCUT2D eigenvalue weighted by atomic mass is 9.84. The lowest BCUT2D eigenvalue weighted by molar-refractivity contribution is -0.136. The number of piperidine rings is 2. The lowest BCUT2D eigenvalue weighted by Crippen LogP contribution is -2.54. The molecule has 7 rings (SSSR count). The fourth-order valence-corrected chi connectivity index (χ4v) is 12.3. The van der Waals surface area contributed by atoms with Crippen LogP contribution in [-0.2, 0) is 34.0 Å².